The van der Waals surface area contributed by atoms with Crippen LogP contribution >= 0.6 is 0 Å². The van der Waals surface area contributed by atoms with Crippen LogP contribution < -0.4 is 0 Å². The predicted octanol–water partition coefficient (Wildman–Crippen LogP) is 3.27. The number of hydrogen-bond acceptors (Lipinski definition) is 2. The molecule has 2 nitrogen and oxygen atoms in total. The Balaban J connectivity index is 1.71. The van der Waals surface area contributed by atoms with Gasteiger partial charge in [0.05, 0.1) is 0 Å². The van der Waals surface area contributed by atoms with Gasteiger partial charge in [0.2, 0.25) is 0 Å². The highest BCUT2D eigenvalue weighted by Crippen LogP contribution is 2.33. The van der Waals surface area contributed by atoms with Crippen LogP contribution in [-0.4, -0.2) is 29.6 Å². The minimum Gasteiger partial charge on any atom is -0.369 e. The molecule has 1 atom stereocenters. The molecule has 0 radical (unpaired) electrons. The first kappa shape index (κ1) is 15.4. The first-order chi connectivity index (χ1) is 11.8. The maximum Gasteiger partial charge on any atom is 0.176 e. The summed E-state index contributed by atoms with van der Waals surface area (Å²) in [6.07, 6.45) is 2.49. The maximum absolute atomic E-state index is 11.5. The van der Waals surface area contributed by atoms with E-state index in [4.69, 9.17) is 0 Å². The smallest absolute Gasteiger partial charge is 0.176 e. The van der Waals surface area contributed by atoms with Gasteiger partial charge in [-0.25, -0.2) is 0 Å². The van der Waals surface area contributed by atoms with Crippen LogP contribution in [0.4, 0.5) is 0 Å². The summed E-state index contributed by atoms with van der Waals surface area (Å²) in [5.74, 6) is 7.78. The molecule has 0 amide bonds. The monoisotopic (exact) mass is 317 g/mol. The van der Waals surface area contributed by atoms with Gasteiger partial charge in [-0.1, -0.05) is 72.5 Å². The van der Waals surface area contributed by atoms with E-state index in [1.54, 1.807) is 0 Å². The van der Waals surface area contributed by atoms with Crippen molar-refractivity contribution in [2.24, 2.45) is 11.8 Å². The van der Waals surface area contributed by atoms with Gasteiger partial charge in [-0.2, -0.15) is 0 Å². The molecule has 122 valence electrons. The first-order valence-electron chi connectivity index (χ1n) is 8.84. The fourth-order valence-corrected chi connectivity index (χ4v) is 4.00. The van der Waals surface area contributed by atoms with Crippen molar-refractivity contribution in [1.29, 1.82) is 0 Å². The molecule has 2 heteroatoms. The van der Waals surface area contributed by atoms with Crippen LogP contribution in [-0.2, 0) is 5.60 Å². The Morgan fingerprint density at radius 2 is 1.42 bits per heavy atom. The number of rotatable bonds is 2. The molecular formula is C22H23NO. The minimum absolute atomic E-state index is 0.381. The van der Waals surface area contributed by atoms with Gasteiger partial charge in [0.25, 0.3) is 0 Å². The predicted molar refractivity (Wildman–Crippen MR) is 96.3 cm³/mol. The van der Waals surface area contributed by atoms with Gasteiger partial charge in [0.15, 0.2) is 5.60 Å². The summed E-state index contributed by atoms with van der Waals surface area (Å²) in [6.45, 7) is 3.48. The largest absolute Gasteiger partial charge is 0.369 e. The number of piperidine rings is 3. The summed E-state index contributed by atoms with van der Waals surface area (Å²) in [5, 5.41) is 11.5. The molecule has 1 N–H and O–H groups in total. The summed E-state index contributed by atoms with van der Waals surface area (Å²) in [7, 11) is 0. The van der Waals surface area contributed by atoms with Crippen LogP contribution in [0, 0.1) is 23.7 Å². The van der Waals surface area contributed by atoms with E-state index in [1.165, 1.54) is 25.9 Å². The molecule has 1 unspecified atom stereocenters. The molecule has 2 aromatic carbocycles. The number of fused-ring (bicyclic) bond motifs is 3. The fraction of sp³-hybridized carbons (Fsp3) is 0.364. The second-order valence-corrected chi connectivity index (χ2v) is 6.96. The van der Waals surface area contributed by atoms with Crippen LogP contribution in [0.15, 0.2) is 60.7 Å². The van der Waals surface area contributed by atoms with Crippen LogP contribution in [0.5, 0.6) is 0 Å². The third kappa shape index (κ3) is 2.86. The Labute approximate surface area is 144 Å². The average Bonchev–Trinajstić information content (AvgIpc) is 2.68. The molecule has 3 saturated heterocycles. The van der Waals surface area contributed by atoms with E-state index in [2.05, 4.69) is 16.7 Å². The molecule has 3 fully saturated rings. The Kier molecular flexibility index (Phi) is 4.14. The second-order valence-electron chi connectivity index (χ2n) is 6.96. The van der Waals surface area contributed by atoms with Crippen molar-refractivity contribution in [2.75, 3.05) is 19.6 Å². The molecule has 5 rings (SSSR count). The lowest BCUT2D eigenvalue weighted by atomic mass is 9.78. The Morgan fingerprint density at radius 3 is 1.88 bits per heavy atom. The molecule has 0 spiro atoms. The number of nitrogens with zero attached hydrogens (tertiary/aromatic N) is 1. The maximum atomic E-state index is 11.5. The molecular weight excluding hydrogens is 294 g/mol. The summed E-state index contributed by atoms with van der Waals surface area (Å²) in [6, 6.07) is 19.6. The molecule has 0 aliphatic carbocycles. The molecule has 3 aliphatic rings. The zero-order valence-electron chi connectivity index (χ0n) is 13.9. The number of aliphatic hydroxyl groups is 1. The zero-order chi connectivity index (χ0) is 16.4. The molecule has 2 aromatic rings. The van der Waals surface area contributed by atoms with E-state index in [0.29, 0.717) is 11.8 Å². The highest BCUT2D eigenvalue weighted by molar-refractivity contribution is 5.44. The molecule has 0 aromatic heterocycles. The van der Waals surface area contributed by atoms with Gasteiger partial charge in [0, 0.05) is 23.6 Å². The highest BCUT2D eigenvalue weighted by Gasteiger charge is 2.34. The minimum atomic E-state index is -1.24. The average molecular weight is 317 g/mol. The summed E-state index contributed by atoms with van der Waals surface area (Å²) in [5.41, 5.74) is 0.434. The lowest BCUT2D eigenvalue weighted by Crippen LogP contribution is -2.47. The van der Waals surface area contributed by atoms with Gasteiger partial charge < -0.3 is 10.0 Å². The lowest BCUT2D eigenvalue weighted by molar-refractivity contribution is 0.0771. The summed E-state index contributed by atoms with van der Waals surface area (Å²) in [4.78, 5) is 2.50. The van der Waals surface area contributed by atoms with E-state index >= 15 is 0 Å². The Morgan fingerprint density at radius 1 is 0.875 bits per heavy atom. The van der Waals surface area contributed by atoms with Crippen molar-refractivity contribution in [3.63, 3.8) is 0 Å². The van der Waals surface area contributed by atoms with Crippen molar-refractivity contribution in [3.8, 4) is 11.8 Å². The van der Waals surface area contributed by atoms with Crippen molar-refractivity contribution < 1.29 is 5.11 Å². The molecule has 3 heterocycles. The van der Waals surface area contributed by atoms with Crippen molar-refractivity contribution >= 4 is 0 Å². The third-order valence-electron chi connectivity index (χ3n) is 5.48. The standard InChI is InChI=1S/C22H23NO/c24-22(20-7-3-1-4-8-20,21-9-5-2-6-10-21)14-11-19-17-23-15-12-18(19)13-16-23/h1-10,18-19,24H,12-13,15-17H2. The molecule has 0 saturated carbocycles. The Hall–Kier alpha value is -2.08. The lowest BCUT2D eigenvalue weighted by Gasteiger charge is -2.42. The zero-order valence-corrected chi connectivity index (χ0v) is 13.9. The second kappa shape index (κ2) is 6.43. The van der Waals surface area contributed by atoms with Crippen molar-refractivity contribution in [3.05, 3.63) is 71.8 Å². The highest BCUT2D eigenvalue weighted by atomic mass is 16.3. The quantitative estimate of drug-likeness (QED) is 0.859. The van der Waals surface area contributed by atoms with Gasteiger partial charge in [-0.3, -0.25) is 0 Å². The van der Waals surface area contributed by atoms with E-state index in [0.717, 1.165) is 17.7 Å². The number of benzene rings is 2. The van der Waals surface area contributed by atoms with E-state index < -0.39 is 5.60 Å². The van der Waals surface area contributed by atoms with E-state index in [1.807, 2.05) is 60.7 Å². The topological polar surface area (TPSA) is 23.5 Å². The first-order valence-corrected chi connectivity index (χ1v) is 8.84. The van der Waals surface area contributed by atoms with E-state index in [9.17, 15) is 5.11 Å². The normalized spacial score (nSPS) is 25.8. The Bertz CT molecular complexity index is 696. The summed E-state index contributed by atoms with van der Waals surface area (Å²) >= 11 is 0. The third-order valence-corrected chi connectivity index (χ3v) is 5.48. The van der Waals surface area contributed by atoms with Crippen molar-refractivity contribution in [2.45, 2.75) is 18.4 Å². The van der Waals surface area contributed by atoms with Crippen LogP contribution in [0.3, 0.4) is 0 Å². The number of hydrogen-bond donors (Lipinski definition) is 1. The van der Waals surface area contributed by atoms with Crippen molar-refractivity contribution in [1.82, 2.24) is 4.90 Å². The van der Waals surface area contributed by atoms with Gasteiger partial charge in [-0.05, 0) is 31.8 Å². The van der Waals surface area contributed by atoms with Gasteiger partial charge in [0.1, 0.15) is 0 Å². The van der Waals surface area contributed by atoms with Crippen LogP contribution in [0.25, 0.3) is 0 Å². The van der Waals surface area contributed by atoms with E-state index in [-0.39, 0.29) is 0 Å². The fourth-order valence-electron chi connectivity index (χ4n) is 4.00. The molecule has 2 bridgehead atoms. The molecule has 24 heavy (non-hydrogen) atoms. The van der Waals surface area contributed by atoms with Crippen LogP contribution in [0.2, 0.25) is 0 Å². The SMILES string of the molecule is OC(C#CC1CN2CCC1CC2)(c1ccccc1)c1ccccc1. The summed E-state index contributed by atoms with van der Waals surface area (Å²) < 4.78 is 0. The van der Waals surface area contributed by atoms with Crippen LogP contribution in [0.1, 0.15) is 24.0 Å². The van der Waals surface area contributed by atoms with Gasteiger partial charge in [-0.15, -0.1) is 0 Å². The molecule has 3 aliphatic heterocycles. The van der Waals surface area contributed by atoms with Gasteiger partial charge >= 0.3 is 0 Å².